The number of carbonyl (C=O) groups excluding carboxylic acids is 1. The number of fused-ring (bicyclic) bond motifs is 2. The number of pyridine rings is 2. The van der Waals surface area contributed by atoms with Crippen molar-refractivity contribution in [1.82, 2.24) is 15.3 Å². The molecule has 0 spiro atoms. The Morgan fingerprint density at radius 3 is 1.60 bits per heavy atom. The predicted octanol–water partition coefficient (Wildman–Crippen LogP) is 10.6. The number of nitrogens with one attached hydrogen (secondary N) is 1. The van der Waals surface area contributed by atoms with Gasteiger partial charge in [-0.15, -0.1) is 0 Å². The molecule has 0 aliphatic rings. The summed E-state index contributed by atoms with van der Waals surface area (Å²) in [5.74, 6) is -2.53. The van der Waals surface area contributed by atoms with Gasteiger partial charge in [-0.25, -0.2) is 23.5 Å². The molecule has 0 aliphatic carbocycles. The summed E-state index contributed by atoms with van der Waals surface area (Å²) in [6.07, 6.45) is 0. The Morgan fingerprint density at radius 2 is 1.11 bits per heavy atom. The van der Waals surface area contributed by atoms with Gasteiger partial charge in [0.15, 0.2) is 0 Å². The van der Waals surface area contributed by atoms with Crippen LogP contribution in [0.5, 0.6) is 0 Å². The van der Waals surface area contributed by atoms with Crippen LogP contribution in [0.15, 0.2) is 121 Å². The van der Waals surface area contributed by atoms with Gasteiger partial charge in [0.1, 0.15) is 11.6 Å². The standard InChI is InChI=1S/C25H18ClFN2O3.C17H14ClFN2/c1-14(28-24(30)16-8-2-3-9-17(16)25(31)32)19-13-15-7-6-11-20(26)22(15)29-23(19)18-10-4-5-12-21(18)27;1-10(20)13-9-11-5-4-7-14(18)16(11)21-17(13)12-6-2-3-8-15(12)19/h2-14H,1H3,(H,28,30)(H,31,32);2-10H,20H2,1H3/t14-;10-/m00/s1. The van der Waals surface area contributed by atoms with Crippen molar-refractivity contribution >= 4 is 56.9 Å². The third-order valence-corrected chi connectivity index (χ3v) is 9.23. The molecule has 2 aromatic heterocycles. The second-order valence-electron chi connectivity index (χ2n) is 12.3. The largest absolute Gasteiger partial charge is 0.478 e. The van der Waals surface area contributed by atoms with E-state index >= 15 is 0 Å². The summed E-state index contributed by atoms with van der Waals surface area (Å²) in [6, 6.07) is 32.5. The molecule has 2 atom stereocenters. The molecule has 1 amide bonds. The maximum absolute atomic E-state index is 14.7. The highest BCUT2D eigenvalue weighted by Gasteiger charge is 2.23. The maximum atomic E-state index is 14.7. The number of halogens is 4. The second-order valence-corrected chi connectivity index (χ2v) is 13.1. The Morgan fingerprint density at radius 1 is 0.660 bits per heavy atom. The first-order chi connectivity index (χ1) is 25.4. The fraction of sp³-hybridized carbons (Fsp3) is 0.0952. The summed E-state index contributed by atoms with van der Waals surface area (Å²) in [5, 5.41) is 14.8. The number of carbonyl (C=O) groups is 2. The second kappa shape index (κ2) is 15.9. The lowest BCUT2D eigenvalue weighted by atomic mass is 9.97. The number of carboxylic acid groups (broad SMARTS) is 1. The molecule has 5 aromatic carbocycles. The van der Waals surface area contributed by atoms with Gasteiger partial charge in [-0.3, -0.25) is 4.79 Å². The highest BCUT2D eigenvalue weighted by Crippen LogP contribution is 2.35. The van der Waals surface area contributed by atoms with Gasteiger partial charge in [-0.1, -0.05) is 83.9 Å². The zero-order valence-electron chi connectivity index (χ0n) is 28.4. The Bertz CT molecular complexity index is 2510. The molecule has 0 fully saturated rings. The van der Waals surface area contributed by atoms with Crippen LogP contribution in [0.4, 0.5) is 8.78 Å². The normalized spacial score (nSPS) is 12.1. The van der Waals surface area contributed by atoms with E-state index in [1.165, 1.54) is 24.3 Å². The van der Waals surface area contributed by atoms with E-state index in [9.17, 15) is 23.5 Å². The summed E-state index contributed by atoms with van der Waals surface area (Å²) < 4.78 is 28.8. The van der Waals surface area contributed by atoms with E-state index in [0.29, 0.717) is 43.6 Å². The highest BCUT2D eigenvalue weighted by molar-refractivity contribution is 6.35. The van der Waals surface area contributed by atoms with E-state index < -0.39 is 23.7 Å². The SMILES string of the molecule is C[C@H](N)c1cc2cccc(Cl)c2nc1-c1ccccc1F.C[C@H](NC(=O)c1ccccc1C(=O)O)c1cc2cccc(Cl)c2nc1-c1ccccc1F. The van der Waals surface area contributed by atoms with Gasteiger partial charge in [0.05, 0.1) is 49.6 Å². The number of nitrogens with two attached hydrogens (primary N) is 1. The summed E-state index contributed by atoms with van der Waals surface area (Å²) >= 11 is 12.5. The van der Waals surface area contributed by atoms with E-state index in [-0.39, 0.29) is 28.5 Å². The van der Waals surface area contributed by atoms with Crippen LogP contribution in [0.25, 0.3) is 44.3 Å². The number of hydrogen-bond acceptors (Lipinski definition) is 5. The van der Waals surface area contributed by atoms with Crippen molar-refractivity contribution in [2.45, 2.75) is 25.9 Å². The van der Waals surface area contributed by atoms with Crippen molar-refractivity contribution < 1.29 is 23.5 Å². The molecule has 0 saturated heterocycles. The van der Waals surface area contributed by atoms with Crippen LogP contribution >= 0.6 is 23.2 Å². The molecule has 7 aromatic rings. The number of nitrogens with zero attached hydrogens (tertiary/aromatic N) is 2. The van der Waals surface area contributed by atoms with Gasteiger partial charge in [0, 0.05) is 33.5 Å². The summed E-state index contributed by atoms with van der Waals surface area (Å²) in [5.41, 5.74) is 10.1. The molecule has 266 valence electrons. The topological polar surface area (TPSA) is 118 Å². The summed E-state index contributed by atoms with van der Waals surface area (Å²) in [4.78, 5) is 33.6. The quantitative estimate of drug-likeness (QED) is 0.149. The van der Waals surface area contributed by atoms with Gasteiger partial charge >= 0.3 is 5.97 Å². The Kier molecular flexibility index (Phi) is 11.1. The Hall–Kier alpha value is -5.74. The van der Waals surface area contributed by atoms with Crippen LogP contribution < -0.4 is 11.1 Å². The molecule has 53 heavy (non-hydrogen) atoms. The number of benzene rings is 5. The van der Waals surface area contributed by atoms with Crippen LogP contribution in [0.2, 0.25) is 10.0 Å². The van der Waals surface area contributed by atoms with Crippen LogP contribution in [-0.2, 0) is 0 Å². The van der Waals surface area contributed by atoms with E-state index in [1.54, 1.807) is 73.7 Å². The van der Waals surface area contributed by atoms with Crippen molar-refractivity contribution in [1.29, 1.82) is 0 Å². The van der Waals surface area contributed by atoms with E-state index in [0.717, 1.165) is 16.3 Å². The third kappa shape index (κ3) is 7.88. The van der Waals surface area contributed by atoms with Gasteiger partial charge in [0.2, 0.25) is 0 Å². The molecular weight excluding hydrogens is 717 g/mol. The maximum Gasteiger partial charge on any atom is 0.336 e. The monoisotopic (exact) mass is 748 g/mol. The Balaban J connectivity index is 0.000000198. The van der Waals surface area contributed by atoms with E-state index in [4.69, 9.17) is 28.9 Å². The summed E-state index contributed by atoms with van der Waals surface area (Å²) in [6.45, 7) is 3.59. The molecule has 0 aliphatic heterocycles. The van der Waals surface area contributed by atoms with E-state index in [1.807, 2.05) is 37.3 Å². The van der Waals surface area contributed by atoms with Crippen molar-refractivity contribution in [2.24, 2.45) is 5.73 Å². The average molecular weight is 750 g/mol. The minimum atomic E-state index is -1.20. The van der Waals surface area contributed by atoms with Crippen LogP contribution in [0.3, 0.4) is 0 Å². The molecule has 2 heterocycles. The third-order valence-electron chi connectivity index (χ3n) is 8.62. The zero-order valence-corrected chi connectivity index (χ0v) is 30.0. The molecule has 7 nitrogen and oxygen atoms in total. The van der Waals surface area contributed by atoms with Gasteiger partial charge in [-0.05, 0) is 80.1 Å². The highest BCUT2D eigenvalue weighted by atomic mass is 35.5. The van der Waals surface area contributed by atoms with Gasteiger partial charge in [-0.2, -0.15) is 0 Å². The first-order valence-corrected chi connectivity index (χ1v) is 17.3. The molecule has 0 radical (unpaired) electrons. The lowest BCUT2D eigenvalue weighted by Gasteiger charge is -2.20. The van der Waals surface area contributed by atoms with E-state index in [2.05, 4.69) is 15.3 Å². The molecule has 7 rings (SSSR count). The molecular formula is C42H32Cl2F2N4O3. The number of aromatic nitrogens is 2. The number of para-hydroxylation sites is 2. The average Bonchev–Trinajstić information content (AvgIpc) is 3.15. The van der Waals surface area contributed by atoms with Gasteiger partial charge < -0.3 is 16.2 Å². The number of carboxylic acids is 1. The predicted molar refractivity (Wildman–Crippen MR) is 206 cm³/mol. The smallest absolute Gasteiger partial charge is 0.336 e. The number of aromatic carboxylic acids is 1. The molecule has 0 unspecified atom stereocenters. The minimum Gasteiger partial charge on any atom is -0.478 e. The van der Waals surface area contributed by atoms with Crippen LogP contribution in [0.1, 0.15) is 57.8 Å². The zero-order chi connectivity index (χ0) is 37.8. The summed E-state index contributed by atoms with van der Waals surface area (Å²) in [7, 11) is 0. The lowest BCUT2D eigenvalue weighted by molar-refractivity contribution is 0.0690. The molecule has 0 saturated carbocycles. The van der Waals surface area contributed by atoms with Gasteiger partial charge in [0.25, 0.3) is 5.91 Å². The van der Waals surface area contributed by atoms with Crippen molar-refractivity contribution in [3.05, 3.63) is 165 Å². The number of amides is 1. The fourth-order valence-electron chi connectivity index (χ4n) is 5.99. The first kappa shape index (κ1) is 37.0. The minimum absolute atomic E-state index is 0.0380. The molecule has 0 bridgehead atoms. The molecule has 11 heteroatoms. The van der Waals surface area contributed by atoms with Crippen molar-refractivity contribution in [3.8, 4) is 22.5 Å². The van der Waals surface area contributed by atoms with Crippen LogP contribution in [0, 0.1) is 11.6 Å². The van der Waals surface area contributed by atoms with Crippen molar-refractivity contribution in [2.75, 3.05) is 0 Å². The molecule has 4 N–H and O–H groups in total. The fourth-order valence-corrected chi connectivity index (χ4v) is 6.44. The number of hydrogen-bond donors (Lipinski definition) is 3. The number of rotatable bonds is 7. The Labute approximate surface area is 314 Å². The first-order valence-electron chi connectivity index (χ1n) is 16.5. The van der Waals surface area contributed by atoms with Crippen molar-refractivity contribution in [3.63, 3.8) is 0 Å². The lowest BCUT2D eigenvalue weighted by Crippen LogP contribution is -2.28. The van der Waals surface area contributed by atoms with Crippen LogP contribution in [-0.4, -0.2) is 27.0 Å².